The van der Waals surface area contributed by atoms with Crippen molar-refractivity contribution in [1.29, 1.82) is 0 Å². The quantitative estimate of drug-likeness (QED) is 0.336. The normalized spacial score (nSPS) is 23.4. The van der Waals surface area contributed by atoms with Crippen LogP contribution in [0, 0.1) is 13.0 Å². The Morgan fingerprint density at radius 2 is 1.46 bits per heavy atom. The van der Waals surface area contributed by atoms with Crippen LogP contribution in [-0.2, 0) is 45.6 Å². The molecule has 6 rings (SSSR count). The third kappa shape index (κ3) is 5.26. The number of aliphatic imine (C=N–C) groups is 2. The summed E-state index contributed by atoms with van der Waals surface area (Å²) in [6, 6.07) is 11.4. The molecule has 4 aliphatic rings. The van der Waals surface area contributed by atoms with Crippen molar-refractivity contribution in [3.63, 3.8) is 0 Å². The first-order chi connectivity index (χ1) is 18.4. The van der Waals surface area contributed by atoms with Crippen molar-refractivity contribution in [3.05, 3.63) is 81.4 Å². The number of rotatable bonds is 4. The molecule has 2 aromatic carbocycles. The minimum Gasteiger partial charge on any atom is -0.337 e. The molecule has 2 saturated heterocycles. The fourth-order valence-corrected chi connectivity index (χ4v) is 6.03. The van der Waals surface area contributed by atoms with Gasteiger partial charge in [-0.25, -0.2) is 0 Å². The van der Waals surface area contributed by atoms with Crippen LogP contribution in [0.3, 0.4) is 0 Å². The van der Waals surface area contributed by atoms with Gasteiger partial charge in [-0.05, 0) is 81.0 Å². The minimum atomic E-state index is 0. The molecule has 0 spiro atoms. The molecule has 4 heterocycles. The van der Waals surface area contributed by atoms with Crippen LogP contribution in [0.25, 0.3) is 0 Å². The van der Waals surface area contributed by atoms with Crippen molar-refractivity contribution in [3.8, 4) is 0 Å². The van der Waals surface area contributed by atoms with Gasteiger partial charge in [-0.2, -0.15) is 17.7 Å². The Bertz CT molecular complexity index is 1450. The van der Waals surface area contributed by atoms with E-state index >= 15 is 0 Å². The summed E-state index contributed by atoms with van der Waals surface area (Å²) in [5.41, 5.74) is 8.83. The van der Waals surface area contributed by atoms with Crippen LogP contribution in [-0.4, -0.2) is 59.2 Å². The average Bonchev–Trinajstić information content (AvgIpc) is 3.49. The molecule has 2 amide bonds. The van der Waals surface area contributed by atoms with Gasteiger partial charge in [0.05, 0.1) is 23.3 Å². The van der Waals surface area contributed by atoms with Gasteiger partial charge in [0.25, 0.3) is 5.91 Å². The molecule has 1 radical (unpaired) electrons. The van der Waals surface area contributed by atoms with Gasteiger partial charge >= 0.3 is 0 Å². The van der Waals surface area contributed by atoms with Crippen molar-refractivity contribution in [2.45, 2.75) is 65.0 Å². The molecule has 39 heavy (non-hydrogen) atoms. The number of carbonyl (C=O) groups is 2. The van der Waals surface area contributed by atoms with Crippen molar-refractivity contribution in [2.75, 3.05) is 13.1 Å². The molecule has 4 aliphatic heterocycles. The first-order valence-corrected chi connectivity index (χ1v) is 13.6. The topological polar surface area (TPSA) is 65.3 Å². The Morgan fingerprint density at radius 3 is 2.08 bits per heavy atom. The molecule has 0 unspecified atom stereocenters. The van der Waals surface area contributed by atoms with Gasteiger partial charge in [0, 0.05) is 58.2 Å². The van der Waals surface area contributed by atoms with Crippen molar-refractivity contribution >= 4 is 35.6 Å². The minimum absolute atomic E-state index is 0. The maximum atomic E-state index is 13.3. The molecule has 2 fully saturated rings. The summed E-state index contributed by atoms with van der Waals surface area (Å²) in [6.45, 7) is 7.51. The molecular weight excluding hydrogens is 561 g/mol. The number of benzene rings is 2. The molecule has 6 nitrogen and oxygen atoms in total. The number of hydrogen-bond acceptors (Lipinski definition) is 4. The fourth-order valence-electron chi connectivity index (χ4n) is 6.03. The molecule has 0 aliphatic carbocycles. The van der Waals surface area contributed by atoms with Crippen LogP contribution < -0.4 is 0 Å². The first kappa shape index (κ1) is 27.9. The monoisotopic (exact) mass is 594 g/mol. The number of allylic oxidation sites excluding steroid dienone is 2. The van der Waals surface area contributed by atoms with E-state index in [-0.39, 0.29) is 56.6 Å². The summed E-state index contributed by atoms with van der Waals surface area (Å²) in [6.07, 6.45) is 12.5. The molecule has 2 aromatic rings. The van der Waals surface area contributed by atoms with E-state index in [0.717, 1.165) is 54.6 Å². The third-order valence-electron chi connectivity index (χ3n) is 8.40. The van der Waals surface area contributed by atoms with Gasteiger partial charge in [-0.1, -0.05) is 29.7 Å². The summed E-state index contributed by atoms with van der Waals surface area (Å²) < 4.78 is 0. The summed E-state index contributed by atoms with van der Waals surface area (Å²) in [5, 5.41) is 0. The Hall–Kier alpha value is -2.70. The van der Waals surface area contributed by atoms with Crippen LogP contribution >= 0.6 is 0 Å². The van der Waals surface area contributed by atoms with E-state index in [2.05, 4.69) is 31.2 Å². The second-order valence-electron chi connectivity index (χ2n) is 10.8. The van der Waals surface area contributed by atoms with Crippen molar-refractivity contribution < 1.29 is 42.3 Å². The third-order valence-corrected chi connectivity index (χ3v) is 8.40. The maximum absolute atomic E-state index is 13.3. The number of fused-ring (bicyclic) bond motifs is 4. The van der Waals surface area contributed by atoms with E-state index in [0.29, 0.717) is 24.2 Å². The van der Waals surface area contributed by atoms with Crippen LogP contribution in [0.2, 0.25) is 0 Å². The van der Waals surface area contributed by atoms with Gasteiger partial charge in [-0.15, -0.1) is 6.07 Å². The smallest absolute Gasteiger partial charge is 0.256 e. The SMILES string of the molecule is C/C=C1\C[C@H]2C=Nc3cc(CCCc4cc5c(cc4C)C(=O)N4C/C(=C/C)C[C@H]4C=N5)[c-]cc3C(=O)N2C1.[Y]. The second kappa shape index (κ2) is 11.4. The molecule has 2 atom stereocenters. The predicted octanol–water partition coefficient (Wildman–Crippen LogP) is 5.72. The summed E-state index contributed by atoms with van der Waals surface area (Å²) in [5.74, 6) is 0.117. The Morgan fingerprint density at radius 1 is 0.872 bits per heavy atom. The van der Waals surface area contributed by atoms with Gasteiger partial charge < -0.3 is 9.80 Å². The molecular formula is C32H33N4O2Y-. The predicted molar refractivity (Wildman–Crippen MR) is 151 cm³/mol. The van der Waals surface area contributed by atoms with E-state index in [4.69, 9.17) is 9.98 Å². The molecule has 197 valence electrons. The zero-order valence-corrected chi connectivity index (χ0v) is 25.7. The standard InChI is InChI=1S/C32H33N4O2.Y/c1-4-21-12-25-16-33-29-14-23(9-10-27(29)31(37)35(25)18-21)7-6-8-24-15-30-28(11-20(24)3)32(38)36-19-22(5-2)13-26(36)17-34-30;/h4-5,10-11,14-17,25-26H,6-8,12-13,18-19H2,1-3H3;/q-1;/b21-4+,22-5+;/t25-,26-;/m0./s1. The average molecular weight is 595 g/mol. The van der Waals surface area contributed by atoms with Crippen molar-refractivity contribution in [1.82, 2.24) is 9.80 Å². The van der Waals surface area contributed by atoms with E-state index in [9.17, 15) is 9.59 Å². The Kier molecular flexibility index (Phi) is 8.16. The fraction of sp³-hybridized carbons (Fsp3) is 0.375. The Labute approximate surface area is 255 Å². The molecule has 0 saturated carbocycles. The van der Waals surface area contributed by atoms with E-state index in [1.807, 2.05) is 54.3 Å². The maximum Gasteiger partial charge on any atom is 0.256 e. The number of carbonyl (C=O) groups excluding carboxylic acids is 2. The van der Waals surface area contributed by atoms with Gasteiger partial charge in [0.2, 0.25) is 5.91 Å². The van der Waals surface area contributed by atoms with Crippen LogP contribution in [0.4, 0.5) is 11.4 Å². The van der Waals surface area contributed by atoms with Gasteiger partial charge in [0.1, 0.15) is 0 Å². The van der Waals surface area contributed by atoms with Crippen molar-refractivity contribution in [2.24, 2.45) is 9.98 Å². The molecule has 7 heteroatoms. The molecule has 0 aromatic heterocycles. The summed E-state index contributed by atoms with van der Waals surface area (Å²) in [4.78, 5) is 39.7. The second-order valence-corrected chi connectivity index (χ2v) is 10.8. The number of aryl methyl sites for hydroxylation is 3. The van der Waals surface area contributed by atoms with Crippen LogP contribution in [0.15, 0.2) is 57.5 Å². The number of amides is 2. The van der Waals surface area contributed by atoms with Gasteiger partial charge in [-0.3, -0.25) is 19.6 Å². The zero-order chi connectivity index (χ0) is 26.4. The first-order valence-electron chi connectivity index (χ1n) is 13.6. The largest absolute Gasteiger partial charge is 0.337 e. The van der Waals surface area contributed by atoms with Gasteiger partial charge in [0.15, 0.2) is 0 Å². The van der Waals surface area contributed by atoms with Crippen LogP contribution in [0.5, 0.6) is 0 Å². The molecule has 0 bridgehead atoms. The van der Waals surface area contributed by atoms with E-state index in [1.165, 1.54) is 16.7 Å². The summed E-state index contributed by atoms with van der Waals surface area (Å²) in [7, 11) is 0. The zero-order valence-electron chi connectivity index (χ0n) is 22.9. The summed E-state index contributed by atoms with van der Waals surface area (Å²) >= 11 is 0. The molecule has 0 N–H and O–H groups in total. The number of hydrogen-bond donors (Lipinski definition) is 0. The van der Waals surface area contributed by atoms with E-state index in [1.54, 1.807) is 0 Å². The Balaban J connectivity index is 0.00000308. The van der Waals surface area contributed by atoms with Crippen LogP contribution in [0.1, 0.15) is 70.5 Å². The van der Waals surface area contributed by atoms with E-state index < -0.39 is 0 Å². The number of nitrogens with zero attached hydrogens (tertiary/aromatic N) is 4.